The number of nitro benzene ring substituents is 1. The largest absolute Gasteiger partial charge is 0.436 e. The van der Waals surface area contributed by atoms with E-state index in [-0.39, 0.29) is 11.8 Å². The minimum Gasteiger partial charge on any atom is -0.436 e. The van der Waals surface area contributed by atoms with E-state index in [1.165, 1.54) is 6.07 Å². The Morgan fingerprint density at radius 3 is 2.55 bits per heavy atom. The molecule has 0 bridgehead atoms. The Kier molecular flexibility index (Phi) is 3.42. The summed E-state index contributed by atoms with van der Waals surface area (Å²) < 4.78 is 32.0. The summed E-state index contributed by atoms with van der Waals surface area (Å²) in [6.45, 7) is 1.61. The molecule has 0 saturated heterocycles. The molecule has 7 nitrogen and oxygen atoms in total. The number of nitrogens with two attached hydrogens (primary N) is 1. The molecule has 9 heteroatoms. The van der Waals surface area contributed by atoms with Crippen molar-refractivity contribution in [1.82, 2.24) is 9.97 Å². The lowest BCUT2D eigenvalue weighted by atomic mass is 10.3. The summed E-state index contributed by atoms with van der Waals surface area (Å²) in [7, 11) is 0. The van der Waals surface area contributed by atoms with Crippen molar-refractivity contribution in [3.05, 3.63) is 45.6 Å². The van der Waals surface area contributed by atoms with Gasteiger partial charge in [-0.3, -0.25) is 10.1 Å². The predicted molar refractivity (Wildman–Crippen MR) is 64.3 cm³/mol. The monoisotopic (exact) mass is 282 g/mol. The van der Waals surface area contributed by atoms with Crippen LogP contribution in [0.15, 0.2) is 18.2 Å². The zero-order chi connectivity index (χ0) is 14.9. The third-order valence-electron chi connectivity index (χ3n) is 2.26. The van der Waals surface area contributed by atoms with E-state index < -0.39 is 28.0 Å². The molecule has 0 atom stereocenters. The van der Waals surface area contributed by atoms with Crippen LogP contribution in [0.1, 0.15) is 5.69 Å². The smallest absolute Gasteiger partial charge is 0.307 e. The molecule has 1 aromatic carbocycles. The lowest BCUT2D eigenvalue weighted by Crippen LogP contribution is -2.00. The van der Waals surface area contributed by atoms with Crippen molar-refractivity contribution in [3.63, 3.8) is 0 Å². The highest BCUT2D eigenvalue weighted by molar-refractivity contribution is 5.41. The molecule has 2 rings (SSSR count). The Morgan fingerprint density at radius 1 is 1.25 bits per heavy atom. The fraction of sp³-hybridized carbons (Fsp3) is 0.0909. The highest BCUT2D eigenvalue weighted by Gasteiger charge is 2.20. The maximum absolute atomic E-state index is 13.6. The van der Waals surface area contributed by atoms with Crippen molar-refractivity contribution in [1.29, 1.82) is 0 Å². The average Bonchev–Trinajstić information content (AvgIpc) is 2.31. The maximum Gasteiger partial charge on any atom is 0.307 e. The van der Waals surface area contributed by atoms with Gasteiger partial charge in [-0.25, -0.2) is 9.37 Å². The van der Waals surface area contributed by atoms with Crippen molar-refractivity contribution in [2.45, 2.75) is 6.92 Å². The maximum atomic E-state index is 13.6. The van der Waals surface area contributed by atoms with Gasteiger partial charge in [0.25, 0.3) is 0 Å². The Hall–Kier alpha value is -2.84. The number of nitro groups is 1. The zero-order valence-electron chi connectivity index (χ0n) is 10.1. The Labute approximate surface area is 111 Å². The normalized spacial score (nSPS) is 10.3. The van der Waals surface area contributed by atoms with Crippen LogP contribution in [0, 0.1) is 28.7 Å². The number of hydrogen-bond donors (Lipinski definition) is 1. The van der Waals surface area contributed by atoms with Gasteiger partial charge in [0.1, 0.15) is 0 Å². The molecular weight excluding hydrogens is 274 g/mol. The van der Waals surface area contributed by atoms with Gasteiger partial charge in [-0.15, -0.1) is 0 Å². The molecular formula is C11H8F2N4O3. The van der Waals surface area contributed by atoms with E-state index in [1.807, 2.05) is 0 Å². The molecule has 1 heterocycles. The summed E-state index contributed by atoms with van der Waals surface area (Å²) in [6.07, 6.45) is 0. The van der Waals surface area contributed by atoms with Crippen molar-refractivity contribution >= 4 is 11.6 Å². The number of rotatable bonds is 3. The van der Waals surface area contributed by atoms with E-state index >= 15 is 0 Å². The standard InChI is InChI=1S/C11H8F2N4O3/c1-5-2-10(16-11(14)15-5)20-9-4-6(12)8(17(18)19)3-7(9)13/h2-4H,1H3,(H2,14,15,16). The predicted octanol–water partition coefficient (Wildman–Crippen LogP) is 2.35. The quantitative estimate of drug-likeness (QED) is 0.684. The second-order valence-corrected chi connectivity index (χ2v) is 3.80. The zero-order valence-corrected chi connectivity index (χ0v) is 10.1. The highest BCUT2D eigenvalue weighted by Crippen LogP contribution is 2.29. The SMILES string of the molecule is Cc1cc(Oc2cc(F)c([N+](=O)[O-])cc2F)nc(N)n1. The number of benzene rings is 1. The number of aryl methyl sites for hydroxylation is 1. The van der Waals surface area contributed by atoms with Crippen LogP contribution in [0.4, 0.5) is 20.4 Å². The second-order valence-electron chi connectivity index (χ2n) is 3.80. The van der Waals surface area contributed by atoms with Gasteiger partial charge in [0.2, 0.25) is 17.6 Å². The number of aromatic nitrogens is 2. The molecule has 0 saturated carbocycles. The van der Waals surface area contributed by atoms with Crippen molar-refractivity contribution < 1.29 is 18.4 Å². The molecule has 0 aliphatic heterocycles. The van der Waals surface area contributed by atoms with Gasteiger partial charge < -0.3 is 10.5 Å². The Bertz CT molecular complexity index is 673. The fourth-order valence-corrected chi connectivity index (χ4v) is 1.46. The molecule has 2 aromatic rings. The molecule has 0 aliphatic rings. The van der Waals surface area contributed by atoms with Crippen molar-refractivity contribution in [2.75, 3.05) is 5.73 Å². The molecule has 0 spiro atoms. The number of anilines is 1. The molecule has 2 N–H and O–H groups in total. The average molecular weight is 282 g/mol. The van der Waals surface area contributed by atoms with E-state index in [9.17, 15) is 18.9 Å². The van der Waals surface area contributed by atoms with Crippen LogP contribution in [0.25, 0.3) is 0 Å². The summed E-state index contributed by atoms with van der Waals surface area (Å²) in [6, 6.07) is 2.36. The van der Waals surface area contributed by atoms with Gasteiger partial charge in [-0.1, -0.05) is 0 Å². The first-order chi connectivity index (χ1) is 9.36. The summed E-state index contributed by atoms with van der Waals surface area (Å²) in [5.74, 6) is -3.03. The van der Waals surface area contributed by atoms with Gasteiger partial charge in [0.05, 0.1) is 11.0 Å². The first-order valence-corrected chi connectivity index (χ1v) is 5.29. The van der Waals surface area contributed by atoms with Crippen LogP contribution in [-0.4, -0.2) is 14.9 Å². The molecule has 0 unspecified atom stereocenters. The topological polar surface area (TPSA) is 104 Å². The van der Waals surface area contributed by atoms with E-state index in [0.29, 0.717) is 17.8 Å². The minimum absolute atomic E-state index is 0.0946. The summed E-state index contributed by atoms with van der Waals surface area (Å²) in [5.41, 5.74) is 4.87. The van der Waals surface area contributed by atoms with Gasteiger partial charge in [-0.2, -0.15) is 9.37 Å². The molecule has 104 valence electrons. The van der Waals surface area contributed by atoms with Gasteiger partial charge in [-0.05, 0) is 6.92 Å². The number of nitrogen functional groups attached to an aromatic ring is 1. The molecule has 0 aliphatic carbocycles. The van der Waals surface area contributed by atoms with Crippen molar-refractivity contribution in [2.24, 2.45) is 0 Å². The second kappa shape index (κ2) is 5.03. The number of hydrogen-bond acceptors (Lipinski definition) is 6. The van der Waals surface area contributed by atoms with E-state index in [1.54, 1.807) is 6.92 Å². The molecule has 0 fully saturated rings. The molecule has 1 aromatic heterocycles. The third kappa shape index (κ3) is 2.76. The molecule has 0 amide bonds. The van der Waals surface area contributed by atoms with E-state index in [0.717, 1.165) is 0 Å². The van der Waals surface area contributed by atoms with E-state index in [2.05, 4.69) is 9.97 Å². The fourth-order valence-electron chi connectivity index (χ4n) is 1.46. The Morgan fingerprint density at radius 2 is 1.95 bits per heavy atom. The van der Waals surface area contributed by atoms with Gasteiger partial charge in [0, 0.05) is 17.8 Å². The number of nitrogens with zero attached hydrogens (tertiary/aromatic N) is 3. The van der Waals surface area contributed by atoms with E-state index in [4.69, 9.17) is 10.5 Å². The lowest BCUT2D eigenvalue weighted by Gasteiger charge is -2.07. The lowest BCUT2D eigenvalue weighted by molar-refractivity contribution is -0.387. The number of halogens is 2. The summed E-state index contributed by atoms with van der Waals surface area (Å²) in [4.78, 5) is 16.9. The highest BCUT2D eigenvalue weighted by atomic mass is 19.1. The summed E-state index contributed by atoms with van der Waals surface area (Å²) >= 11 is 0. The van der Waals surface area contributed by atoms with Crippen LogP contribution in [-0.2, 0) is 0 Å². The summed E-state index contributed by atoms with van der Waals surface area (Å²) in [5, 5.41) is 10.5. The molecule has 20 heavy (non-hydrogen) atoms. The van der Waals surface area contributed by atoms with Gasteiger partial charge >= 0.3 is 5.69 Å². The van der Waals surface area contributed by atoms with Crippen LogP contribution < -0.4 is 10.5 Å². The van der Waals surface area contributed by atoms with Crippen LogP contribution in [0.2, 0.25) is 0 Å². The van der Waals surface area contributed by atoms with Crippen LogP contribution >= 0.6 is 0 Å². The van der Waals surface area contributed by atoms with Gasteiger partial charge in [0.15, 0.2) is 11.6 Å². The molecule has 0 radical (unpaired) electrons. The van der Waals surface area contributed by atoms with Crippen LogP contribution in [0.5, 0.6) is 11.6 Å². The first-order valence-electron chi connectivity index (χ1n) is 5.29. The third-order valence-corrected chi connectivity index (χ3v) is 2.26. The minimum atomic E-state index is -1.22. The number of ether oxygens (including phenoxy) is 1. The Balaban J connectivity index is 2.39. The van der Waals surface area contributed by atoms with Crippen LogP contribution in [0.3, 0.4) is 0 Å². The van der Waals surface area contributed by atoms with Crippen molar-refractivity contribution in [3.8, 4) is 11.6 Å². The first kappa shape index (κ1) is 13.6.